The monoisotopic (exact) mass is 387 g/mol. The van der Waals surface area contributed by atoms with Gasteiger partial charge in [0.1, 0.15) is 5.60 Å². The summed E-state index contributed by atoms with van der Waals surface area (Å²) in [5.41, 5.74) is 19.9. The number of hydrogen-bond acceptors (Lipinski definition) is 2. The van der Waals surface area contributed by atoms with E-state index in [1.807, 2.05) is 80.6 Å². The topological polar surface area (TPSA) is 123 Å². The first-order chi connectivity index (χ1) is 13.8. The normalized spacial score (nSPS) is 11.9. The van der Waals surface area contributed by atoms with E-state index >= 15 is 0 Å². The van der Waals surface area contributed by atoms with Crippen molar-refractivity contribution >= 4 is 17.6 Å². The quantitative estimate of drug-likeness (QED) is 0.312. The van der Waals surface area contributed by atoms with Gasteiger partial charge >= 0.3 is 0 Å². The molecule has 6 heteroatoms. The summed E-state index contributed by atoms with van der Waals surface area (Å²) >= 11 is 0. The Kier molecular flexibility index (Phi) is 5.66. The zero-order valence-corrected chi connectivity index (χ0v) is 16.5. The predicted molar refractivity (Wildman–Crippen MR) is 118 cm³/mol. The van der Waals surface area contributed by atoms with Gasteiger partial charge in [-0.3, -0.25) is 0 Å². The number of aliphatic hydroxyl groups is 1. The van der Waals surface area contributed by atoms with Crippen LogP contribution in [0.5, 0.6) is 0 Å². The Morgan fingerprint density at radius 3 is 1.72 bits per heavy atom. The first-order valence-electron chi connectivity index (χ1n) is 9.20. The van der Waals surface area contributed by atoms with Crippen molar-refractivity contribution in [3.8, 4) is 0 Å². The zero-order chi connectivity index (χ0) is 21.0. The highest BCUT2D eigenvalue weighted by Gasteiger charge is 2.35. The van der Waals surface area contributed by atoms with Crippen LogP contribution in [-0.2, 0) is 5.60 Å². The summed E-state index contributed by atoms with van der Waals surface area (Å²) in [7, 11) is 0. The Morgan fingerprint density at radius 2 is 1.24 bits per heavy atom. The van der Waals surface area contributed by atoms with Gasteiger partial charge in [0.05, 0.1) is 5.69 Å². The van der Waals surface area contributed by atoms with Crippen LogP contribution in [0.15, 0.2) is 82.8 Å². The summed E-state index contributed by atoms with van der Waals surface area (Å²) in [4.78, 5) is 8.12. The molecular weight excluding hydrogens is 362 g/mol. The maximum Gasteiger partial charge on any atom is 0.223 e. The molecule has 0 aromatic heterocycles. The van der Waals surface area contributed by atoms with Crippen LogP contribution in [-0.4, -0.2) is 17.0 Å². The van der Waals surface area contributed by atoms with E-state index in [0.717, 1.165) is 22.3 Å². The molecule has 0 radical (unpaired) electrons. The summed E-state index contributed by atoms with van der Waals surface area (Å²) in [6, 6.07) is 22.8. The third-order valence-corrected chi connectivity index (χ3v) is 4.71. The number of benzene rings is 3. The summed E-state index contributed by atoms with van der Waals surface area (Å²) < 4.78 is 0. The maximum atomic E-state index is 12.1. The number of guanidine groups is 2. The van der Waals surface area contributed by atoms with Crippen molar-refractivity contribution in [2.24, 2.45) is 27.2 Å². The van der Waals surface area contributed by atoms with Gasteiger partial charge in [0.2, 0.25) is 5.96 Å². The molecule has 0 aliphatic heterocycles. The fraction of sp³-hybridized carbons (Fsp3) is 0.130. The van der Waals surface area contributed by atoms with E-state index in [1.165, 1.54) is 0 Å². The van der Waals surface area contributed by atoms with Gasteiger partial charge in [-0.15, -0.1) is 0 Å². The van der Waals surface area contributed by atoms with Crippen LogP contribution in [0.2, 0.25) is 0 Å². The van der Waals surface area contributed by atoms with Crippen LogP contribution in [0.3, 0.4) is 0 Å². The zero-order valence-electron chi connectivity index (χ0n) is 16.5. The lowest BCUT2D eigenvalue weighted by atomic mass is 9.79. The molecule has 0 unspecified atom stereocenters. The molecule has 0 spiro atoms. The first-order valence-corrected chi connectivity index (χ1v) is 9.20. The molecule has 3 aromatic carbocycles. The van der Waals surface area contributed by atoms with E-state index in [0.29, 0.717) is 11.3 Å². The Balaban J connectivity index is 2.27. The fourth-order valence-electron chi connectivity index (χ4n) is 3.22. The van der Waals surface area contributed by atoms with Gasteiger partial charge in [0.15, 0.2) is 5.96 Å². The summed E-state index contributed by atoms with van der Waals surface area (Å²) in [5.74, 6) is -0.274. The van der Waals surface area contributed by atoms with Crippen LogP contribution >= 0.6 is 0 Å². The van der Waals surface area contributed by atoms with Gasteiger partial charge in [-0.25, -0.2) is 4.99 Å². The van der Waals surface area contributed by atoms with Crippen LogP contribution in [0.25, 0.3) is 0 Å². The minimum Gasteiger partial charge on any atom is -0.376 e. The van der Waals surface area contributed by atoms with E-state index in [1.54, 1.807) is 6.07 Å². The van der Waals surface area contributed by atoms with Crippen LogP contribution in [0.1, 0.15) is 27.8 Å². The predicted octanol–water partition coefficient (Wildman–Crippen LogP) is 2.81. The Labute approximate surface area is 170 Å². The second kappa shape index (κ2) is 8.16. The van der Waals surface area contributed by atoms with E-state index < -0.39 is 5.60 Å². The lowest BCUT2D eigenvalue weighted by Gasteiger charge is -2.31. The lowest BCUT2D eigenvalue weighted by molar-refractivity contribution is 0.126. The average molecular weight is 387 g/mol. The molecule has 148 valence electrons. The van der Waals surface area contributed by atoms with E-state index in [2.05, 4.69) is 9.98 Å². The number of rotatable bonds is 4. The molecule has 0 aliphatic rings. The van der Waals surface area contributed by atoms with Gasteiger partial charge in [0, 0.05) is 5.56 Å². The maximum absolute atomic E-state index is 12.1. The molecule has 0 amide bonds. The lowest BCUT2D eigenvalue weighted by Crippen LogP contribution is -2.29. The first kappa shape index (κ1) is 20.1. The molecule has 3 rings (SSSR count). The van der Waals surface area contributed by atoms with E-state index in [9.17, 15) is 5.11 Å². The average Bonchev–Trinajstić information content (AvgIpc) is 2.68. The minimum atomic E-state index is -1.44. The molecule has 0 saturated heterocycles. The summed E-state index contributed by atoms with van der Waals surface area (Å²) in [6.45, 7) is 4.01. The summed E-state index contributed by atoms with van der Waals surface area (Å²) in [5, 5.41) is 12.1. The number of hydrogen-bond donors (Lipinski definition) is 4. The van der Waals surface area contributed by atoms with Gasteiger partial charge in [-0.1, -0.05) is 77.9 Å². The molecule has 3 aromatic rings. The fourth-order valence-corrected chi connectivity index (χ4v) is 3.22. The number of nitrogens with two attached hydrogens (primary N) is 3. The van der Waals surface area contributed by atoms with Crippen molar-refractivity contribution < 1.29 is 5.11 Å². The van der Waals surface area contributed by atoms with Crippen molar-refractivity contribution in [2.45, 2.75) is 19.4 Å². The SMILES string of the molecule is Cc1ccc(C(O)(c2ccc(C)cc2)c2ccccc2N=C(N)N=C(N)N)cc1. The van der Waals surface area contributed by atoms with Gasteiger partial charge in [-0.2, -0.15) is 4.99 Å². The van der Waals surface area contributed by atoms with Crippen LogP contribution in [0.4, 0.5) is 5.69 Å². The van der Waals surface area contributed by atoms with Crippen molar-refractivity contribution in [1.82, 2.24) is 0 Å². The largest absolute Gasteiger partial charge is 0.376 e. The minimum absolute atomic E-state index is 0.0902. The Hall–Kier alpha value is -3.64. The number of aliphatic imine (C=N–C) groups is 2. The number of aryl methyl sites for hydroxylation is 2. The summed E-state index contributed by atoms with van der Waals surface area (Å²) in [6.07, 6.45) is 0. The third-order valence-electron chi connectivity index (χ3n) is 4.71. The molecule has 29 heavy (non-hydrogen) atoms. The second-order valence-corrected chi connectivity index (χ2v) is 6.97. The van der Waals surface area contributed by atoms with E-state index in [4.69, 9.17) is 17.2 Å². The van der Waals surface area contributed by atoms with Crippen LogP contribution < -0.4 is 17.2 Å². The molecule has 0 fully saturated rings. The van der Waals surface area contributed by atoms with Gasteiger partial charge < -0.3 is 22.3 Å². The van der Waals surface area contributed by atoms with Crippen LogP contribution in [0, 0.1) is 13.8 Å². The highest BCUT2D eigenvalue weighted by atomic mass is 16.3. The molecule has 7 N–H and O–H groups in total. The highest BCUT2D eigenvalue weighted by molar-refractivity contribution is 5.93. The van der Waals surface area contributed by atoms with Crippen molar-refractivity contribution in [2.75, 3.05) is 0 Å². The second-order valence-electron chi connectivity index (χ2n) is 6.97. The highest BCUT2D eigenvalue weighted by Crippen LogP contribution is 2.41. The van der Waals surface area contributed by atoms with Crippen molar-refractivity contribution in [3.05, 3.63) is 101 Å². The molecule has 6 nitrogen and oxygen atoms in total. The number of nitrogens with zero attached hydrogens (tertiary/aromatic N) is 2. The molecule has 0 atom stereocenters. The Morgan fingerprint density at radius 1 is 0.759 bits per heavy atom. The van der Waals surface area contributed by atoms with Crippen molar-refractivity contribution in [1.29, 1.82) is 0 Å². The smallest absolute Gasteiger partial charge is 0.223 e. The molecule has 0 bridgehead atoms. The molecular formula is C23H25N5O. The van der Waals surface area contributed by atoms with E-state index in [-0.39, 0.29) is 11.9 Å². The van der Waals surface area contributed by atoms with Crippen molar-refractivity contribution in [3.63, 3.8) is 0 Å². The number of para-hydroxylation sites is 1. The van der Waals surface area contributed by atoms with Gasteiger partial charge in [-0.05, 0) is 31.0 Å². The Bertz CT molecular complexity index is 1000. The molecule has 0 aliphatic carbocycles. The van der Waals surface area contributed by atoms with Gasteiger partial charge in [0.25, 0.3) is 0 Å². The standard InChI is InChI=1S/C23H25N5O/c1-15-7-11-17(12-8-15)23(29,18-13-9-16(2)10-14-18)19-5-3-4-6-20(19)27-22(26)28-21(24)25/h3-14,29H,1-2H3,(H6,24,25,26,27,28). The molecule has 0 saturated carbocycles. The molecule has 0 heterocycles. The third kappa shape index (κ3) is 4.28.